The second kappa shape index (κ2) is 4.25. The first-order valence-corrected chi connectivity index (χ1v) is 5.56. The van der Waals surface area contributed by atoms with E-state index in [1.54, 1.807) is 19.1 Å². The maximum absolute atomic E-state index is 13.2. The van der Waals surface area contributed by atoms with Crippen LogP contribution in [0.3, 0.4) is 0 Å². The average molecular weight is 286 g/mol. The third kappa shape index (κ3) is 1.95. The van der Waals surface area contributed by atoms with Gasteiger partial charge in [-0.25, -0.2) is 9.18 Å². The number of nitrogens with one attached hydrogen (secondary N) is 1. The lowest BCUT2D eigenvalue weighted by Crippen LogP contribution is -2.04. The Kier molecular flexibility index (Phi) is 2.96. The Balaban J connectivity index is 2.48. The molecule has 84 valence electrons. The molecule has 2 rings (SSSR count). The van der Waals surface area contributed by atoms with Crippen molar-refractivity contribution in [1.82, 2.24) is 4.98 Å². The van der Waals surface area contributed by atoms with Gasteiger partial charge in [-0.05, 0) is 41.1 Å². The topological polar surface area (TPSA) is 42.1 Å². The third-order valence-electron chi connectivity index (χ3n) is 2.16. The highest BCUT2D eigenvalue weighted by atomic mass is 79.9. The molecule has 1 aromatic carbocycles. The summed E-state index contributed by atoms with van der Waals surface area (Å²) in [5.41, 5.74) is 1.02. The van der Waals surface area contributed by atoms with Gasteiger partial charge >= 0.3 is 5.97 Å². The Hall–Kier alpha value is -1.36. The van der Waals surface area contributed by atoms with Gasteiger partial charge in [0.2, 0.25) is 0 Å². The molecule has 3 nitrogen and oxygen atoms in total. The van der Waals surface area contributed by atoms with Gasteiger partial charge in [-0.3, -0.25) is 0 Å². The SMILES string of the molecule is CCOC(=O)c1cc2cc(F)c(Br)cc2[nH]1. The maximum atomic E-state index is 13.2. The molecule has 16 heavy (non-hydrogen) atoms. The van der Waals surface area contributed by atoms with Crippen LogP contribution in [-0.2, 0) is 4.74 Å². The van der Waals surface area contributed by atoms with E-state index in [9.17, 15) is 9.18 Å². The van der Waals surface area contributed by atoms with Crippen LogP contribution < -0.4 is 0 Å². The molecule has 0 spiro atoms. The second-order valence-electron chi connectivity index (χ2n) is 3.26. The zero-order chi connectivity index (χ0) is 11.7. The van der Waals surface area contributed by atoms with Crippen LogP contribution in [0.5, 0.6) is 0 Å². The van der Waals surface area contributed by atoms with E-state index >= 15 is 0 Å². The highest BCUT2D eigenvalue weighted by Crippen LogP contribution is 2.23. The zero-order valence-corrected chi connectivity index (χ0v) is 10.1. The van der Waals surface area contributed by atoms with Gasteiger partial charge in [0, 0.05) is 10.9 Å². The van der Waals surface area contributed by atoms with Crippen molar-refractivity contribution in [2.45, 2.75) is 6.92 Å². The van der Waals surface area contributed by atoms with Crippen molar-refractivity contribution < 1.29 is 13.9 Å². The molecular weight excluding hydrogens is 277 g/mol. The molecule has 5 heteroatoms. The van der Waals surface area contributed by atoms with Gasteiger partial charge in [0.05, 0.1) is 11.1 Å². The van der Waals surface area contributed by atoms with Gasteiger partial charge in [0.25, 0.3) is 0 Å². The van der Waals surface area contributed by atoms with Crippen molar-refractivity contribution in [3.8, 4) is 0 Å². The standard InChI is InChI=1S/C11H9BrFNO2/c1-2-16-11(15)10-4-6-3-8(13)7(12)5-9(6)14-10/h3-5,14H,2H2,1H3. The van der Waals surface area contributed by atoms with E-state index in [1.807, 2.05) is 0 Å². The van der Waals surface area contributed by atoms with Crippen LogP contribution in [0.4, 0.5) is 4.39 Å². The van der Waals surface area contributed by atoms with Crippen molar-refractivity contribution in [3.05, 3.63) is 34.2 Å². The van der Waals surface area contributed by atoms with Gasteiger partial charge < -0.3 is 9.72 Å². The summed E-state index contributed by atoms with van der Waals surface area (Å²) in [6, 6.07) is 4.52. The summed E-state index contributed by atoms with van der Waals surface area (Å²) in [4.78, 5) is 14.3. The van der Waals surface area contributed by atoms with E-state index in [0.29, 0.717) is 27.7 Å². The Bertz CT molecular complexity index is 511. The van der Waals surface area contributed by atoms with E-state index in [0.717, 1.165) is 0 Å². The summed E-state index contributed by atoms with van der Waals surface area (Å²) in [6.45, 7) is 2.04. The molecule has 0 aliphatic rings. The van der Waals surface area contributed by atoms with Gasteiger partial charge in [-0.1, -0.05) is 0 Å². The quantitative estimate of drug-likeness (QED) is 0.861. The molecule has 0 bridgehead atoms. The van der Waals surface area contributed by atoms with Gasteiger partial charge in [0.15, 0.2) is 0 Å². The number of carbonyl (C=O) groups excluding carboxylic acids is 1. The number of H-pyrrole nitrogens is 1. The normalized spacial score (nSPS) is 10.7. The first kappa shape index (κ1) is 11.1. The Morgan fingerprint density at radius 1 is 1.50 bits per heavy atom. The molecule has 0 atom stereocenters. The monoisotopic (exact) mass is 285 g/mol. The summed E-state index contributed by atoms with van der Waals surface area (Å²) in [5.74, 6) is -0.794. The van der Waals surface area contributed by atoms with Gasteiger partial charge in [-0.15, -0.1) is 0 Å². The largest absolute Gasteiger partial charge is 0.461 e. The fraction of sp³-hybridized carbons (Fsp3) is 0.182. The fourth-order valence-electron chi connectivity index (χ4n) is 1.45. The minimum atomic E-state index is -0.435. The number of carbonyl (C=O) groups is 1. The number of halogens is 2. The molecule has 0 aliphatic carbocycles. The number of aromatic amines is 1. The summed E-state index contributed by atoms with van der Waals surface area (Å²) >= 11 is 3.08. The highest BCUT2D eigenvalue weighted by Gasteiger charge is 2.11. The van der Waals surface area contributed by atoms with E-state index in [-0.39, 0.29) is 5.82 Å². The zero-order valence-electron chi connectivity index (χ0n) is 8.51. The second-order valence-corrected chi connectivity index (χ2v) is 4.11. The van der Waals surface area contributed by atoms with Crippen molar-refractivity contribution in [2.24, 2.45) is 0 Å². The van der Waals surface area contributed by atoms with Crippen molar-refractivity contribution in [2.75, 3.05) is 6.61 Å². The van der Waals surface area contributed by atoms with E-state index in [1.165, 1.54) is 6.07 Å². The smallest absolute Gasteiger partial charge is 0.354 e. The number of aromatic nitrogens is 1. The van der Waals surface area contributed by atoms with E-state index in [4.69, 9.17) is 4.74 Å². The Labute approximate surface area is 99.7 Å². The Morgan fingerprint density at radius 2 is 2.25 bits per heavy atom. The summed E-state index contributed by atoms with van der Waals surface area (Å²) in [7, 11) is 0. The van der Waals surface area contributed by atoms with Crippen LogP contribution in [0, 0.1) is 5.82 Å². The molecule has 2 aromatic rings. The lowest BCUT2D eigenvalue weighted by atomic mass is 10.2. The number of hydrogen-bond donors (Lipinski definition) is 1. The maximum Gasteiger partial charge on any atom is 0.354 e. The Morgan fingerprint density at radius 3 is 2.94 bits per heavy atom. The molecule has 0 aliphatic heterocycles. The first-order chi connectivity index (χ1) is 7.61. The summed E-state index contributed by atoms with van der Waals surface area (Å²) < 4.78 is 18.4. The molecule has 1 aromatic heterocycles. The molecule has 0 radical (unpaired) electrons. The minimum Gasteiger partial charge on any atom is -0.461 e. The molecular formula is C11H9BrFNO2. The molecule has 0 saturated carbocycles. The number of rotatable bonds is 2. The number of esters is 1. The lowest BCUT2D eigenvalue weighted by Gasteiger charge is -1.96. The predicted molar refractivity (Wildman–Crippen MR) is 61.9 cm³/mol. The van der Waals surface area contributed by atoms with Crippen LogP contribution in [0.25, 0.3) is 10.9 Å². The molecule has 0 saturated heterocycles. The average Bonchev–Trinajstić information content (AvgIpc) is 2.62. The van der Waals surface area contributed by atoms with E-state index < -0.39 is 5.97 Å². The first-order valence-electron chi connectivity index (χ1n) is 4.76. The number of fused-ring (bicyclic) bond motifs is 1. The number of hydrogen-bond acceptors (Lipinski definition) is 2. The summed E-state index contributed by atoms with van der Waals surface area (Å²) in [6.07, 6.45) is 0. The highest BCUT2D eigenvalue weighted by molar-refractivity contribution is 9.10. The fourth-order valence-corrected chi connectivity index (χ4v) is 1.79. The van der Waals surface area contributed by atoms with E-state index in [2.05, 4.69) is 20.9 Å². The summed E-state index contributed by atoms with van der Waals surface area (Å²) in [5, 5.41) is 0.642. The van der Waals surface area contributed by atoms with Crippen LogP contribution in [0.15, 0.2) is 22.7 Å². The van der Waals surface area contributed by atoms with Crippen LogP contribution in [0.2, 0.25) is 0 Å². The van der Waals surface area contributed by atoms with Gasteiger partial charge in [0.1, 0.15) is 11.5 Å². The molecule has 1 heterocycles. The lowest BCUT2D eigenvalue weighted by molar-refractivity contribution is 0.0520. The van der Waals surface area contributed by atoms with Crippen molar-refractivity contribution in [1.29, 1.82) is 0 Å². The van der Waals surface area contributed by atoms with Crippen molar-refractivity contribution in [3.63, 3.8) is 0 Å². The molecule has 1 N–H and O–H groups in total. The van der Waals surface area contributed by atoms with Crippen LogP contribution in [-0.4, -0.2) is 17.6 Å². The molecule has 0 amide bonds. The van der Waals surface area contributed by atoms with Gasteiger partial charge in [-0.2, -0.15) is 0 Å². The minimum absolute atomic E-state index is 0.312. The number of benzene rings is 1. The van der Waals surface area contributed by atoms with Crippen LogP contribution >= 0.6 is 15.9 Å². The number of ether oxygens (including phenoxy) is 1. The van der Waals surface area contributed by atoms with Crippen molar-refractivity contribution >= 4 is 32.8 Å². The predicted octanol–water partition coefficient (Wildman–Crippen LogP) is 3.25. The molecule has 0 unspecified atom stereocenters. The molecule has 0 fully saturated rings. The third-order valence-corrected chi connectivity index (χ3v) is 2.76. The van der Waals surface area contributed by atoms with Crippen LogP contribution in [0.1, 0.15) is 17.4 Å².